The predicted octanol–water partition coefficient (Wildman–Crippen LogP) is 0.260. The van der Waals surface area contributed by atoms with Gasteiger partial charge in [-0.1, -0.05) is 0 Å². The fourth-order valence-electron chi connectivity index (χ4n) is 2.61. The van der Waals surface area contributed by atoms with Crippen molar-refractivity contribution in [3.63, 3.8) is 0 Å². The highest BCUT2D eigenvalue weighted by Crippen LogP contribution is 2.24. The second kappa shape index (κ2) is 6.87. The van der Waals surface area contributed by atoms with Gasteiger partial charge in [0.2, 0.25) is 10.0 Å². The van der Waals surface area contributed by atoms with Crippen molar-refractivity contribution in [3.8, 4) is 0 Å². The van der Waals surface area contributed by atoms with Gasteiger partial charge in [0.05, 0.1) is 18.0 Å². The summed E-state index contributed by atoms with van der Waals surface area (Å²) in [7, 11) is -3.51. The number of hydrogen-bond acceptors (Lipinski definition) is 5. The molecule has 8 heteroatoms. The van der Waals surface area contributed by atoms with E-state index in [-0.39, 0.29) is 0 Å². The largest absolute Gasteiger partial charge is 0.380 e. The van der Waals surface area contributed by atoms with Gasteiger partial charge in [-0.05, 0) is 33.2 Å². The van der Waals surface area contributed by atoms with Crippen molar-refractivity contribution in [1.82, 2.24) is 14.1 Å². The summed E-state index contributed by atoms with van der Waals surface area (Å²) in [5, 5.41) is 4.36. The van der Waals surface area contributed by atoms with E-state index in [9.17, 15) is 8.42 Å². The molecule has 0 amide bonds. The van der Waals surface area contributed by atoms with Gasteiger partial charge in [0.15, 0.2) is 0 Å². The van der Waals surface area contributed by atoms with Crippen LogP contribution in [-0.2, 0) is 21.3 Å². The highest BCUT2D eigenvalue weighted by Gasteiger charge is 2.31. The number of ether oxygens (including phenoxy) is 1. The summed E-state index contributed by atoms with van der Waals surface area (Å²) in [6.07, 6.45) is 1.50. The highest BCUT2D eigenvalue weighted by atomic mass is 32.2. The molecular formula is C13H24N4O3S. The van der Waals surface area contributed by atoms with Crippen molar-refractivity contribution in [2.45, 2.75) is 38.1 Å². The smallest absolute Gasteiger partial charge is 0.246 e. The fraction of sp³-hybridized carbons (Fsp3) is 0.769. The van der Waals surface area contributed by atoms with E-state index in [0.717, 1.165) is 12.8 Å². The zero-order valence-electron chi connectivity index (χ0n) is 12.7. The molecule has 1 aromatic heterocycles. The van der Waals surface area contributed by atoms with Gasteiger partial charge in [-0.15, -0.1) is 0 Å². The Morgan fingerprint density at radius 3 is 2.76 bits per heavy atom. The zero-order chi connectivity index (χ0) is 15.5. The normalized spacial score (nSPS) is 17.9. The van der Waals surface area contributed by atoms with Gasteiger partial charge in [0.1, 0.15) is 4.90 Å². The van der Waals surface area contributed by atoms with E-state index in [1.807, 2.05) is 0 Å². The molecule has 21 heavy (non-hydrogen) atoms. The molecule has 0 aliphatic carbocycles. The van der Waals surface area contributed by atoms with Crippen LogP contribution in [0.4, 0.5) is 0 Å². The molecule has 0 saturated carbocycles. The van der Waals surface area contributed by atoms with E-state index in [4.69, 9.17) is 10.5 Å². The van der Waals surface area contributed by atoms with E-state index in [1.54, 1.807) is 18.5 Å². The van der Waals surface area contributed by atoms with Gasteiger partial charge >= 0.3 is 0 Å². The van der Waals surface area contributed by atoms with Crippen LogP contribution in [0.3, 0.4) is 0 Å². The molecule has 0 atom stereocenters. The summed E-state index contributed by atoms with van der Waals surface area (Å²) >= 11 is 0. The predicted molar refractivity (Wildman–Crippen MR) is 79.6 cm³/mol. The Morgan fingerprint density at radius 2 is 2.05 bits per heavy atom. The first kappa shape index (κ1) is 16.4. The standard InChI is InChI=1S/C13H24N4O3S/c1-11-13(12(2)17(15-11)7-3-5-14)21(18,19)16-6-4-9-20-10-8-16/h3-10,14H2,1-2H3. The number of nitrogens with zero attached hydrogens (tertiary/aromatic N) is 3. The number of rotatable bonds is 5. The van der Waals surface area contributed by atoms with Gasteiger partial charge in [-0.2, -0.15) is 9.40 Å². The molecule has 1 saturated heterocycles. The van der Waals surface area contributed by atoms with Crippen LogP contribution in [-0.4, -0.2) is 55.4 Å². The van der Waals surface area contributed by atoms with Crippen molar-refractivity contribution in [2.75, 3.05) is 32.8 Å². The lowest BCUT2D eigenvalue weighted by molar-refractivity contribution is 0.148. The second-order valence-corrected chi connectivity index (χ2v) is 7.11. The molecule has 0 unspecified atom stereocenters. The maximum atomic E-state index is 12.9. The minimum Gasteiger partial charge on any atom is -0.380 e. The average Bonchev–Trinajstić information content (AvgIpc) is 2.63. The molecule has 0 aromatic carbocycles. The molecule has 1 fully saturated rings. The van der Waals surface area contributed by atoms with Crippen LogP contribution in [0.5, 0.6) is 0 Å². The number of hydrogen-bond donors (Lipinski definition) is 1. The van der Waals surface area contributed by atoms with Crippen molar-refractivity contribution in [2.24, 2.45) is 5.73 Å². The zero-order valence-corrected chi connectivity index (χ0v) is 13.5. The molecule has 0 bridgehead atoms. The molecule has 1 aliphatic rings. The third-order valence-electron chi connectivity index (χ3n) is 3.67. The molecule has 2 heterocycles. The van der Waals surface area contributed by atoms with Crippen LogP contribution in [0.2, 0.25) is 0 Å². The van der Waals surface area contributed by atoms with Gasteiger partial charge < -0.3 is 10.5 Å². The SMILES string of the molecule is Cc1nn(CCCN)c(C)c1S(=O)(=O)N1CCCOCC1. The lowest BCUT2D eigenvalue weighted by Crippen LogP contribution is -2.33. The summed E-state index contributed by atoms with van der Waals surface area (Å²) < 4.78 is 34.3. The fourth-order valence-corrected chi connectivity index (χ4v) is 4.44. The van der Waals surface area contributed by atoms with Crippen LogP contribution in [0, 0.1) is 13.8 Å². The maximum Gasteiger partial charge on any atom is 0.246 e. The Kier molecular flexibility index (Phi) is 5.37. The van der Waals surface area contributed by atoms with Gasteiger partial charge in [0, 0.05) is 26.2 Å². The van der Waals surface area contributed by atoms with Crippen LogP contribution < -0.4 is 5.73 Å². The third kappa shape index (κ3) is 3.45. The van der Waals surface area contributed by atoms with Crippen LogP contribution in [0.1, 0.15) is 24.2 Å². The average molecular weight is 316 g/mol. The Labute approximate surface area is 126 Å². The first-order valence-corrected chi connectivity index (χ1v) is 8.74. The molecule has 0 spiro atoms. The molecule has 2 N–H and O–H groups in total. The molecular weight excluding hydrogens is 292 g/mol. The van der Waals surface area contributed by atoms with E-state index in [2.05, 4.69) is 5.10 Å². The first-order chi connectivity index (χ1) is 9.98. The second-order valence-electron chi connectivity index (χ2n) is 5.24. The van der Waals surface area contributed by atoms with Gasteiger partial charge in [0.25, 0.3) is 0 Å². The summed E-state index contributed by atoms with van der Waals surface area (Å²) in [6, 6.07) is 0. The maximum absolute atomic E-state index is 12.9. The molecule has 1 aromatic rings. The Balaban J connectivity index is 2.32. The third-order valence-corrected chi connectivity index (χ3v) is 5.82. The monoisotopic (exact) mass is 316 g/mol. The number of sulfonamides is 1. The van der Waals surface area contributed by atoms with E-state index in [1.165, 1.54) is 4.31 Å². The topological polar surface area (TPSA) is 90.5 Å². The molecule has 0 radical (unpaired) electrons. The van der Waals surface area contributed by atoms with Crippen molar-refractivity contribution >= 4 is 10.0 Å². The summed E-state index contributed by atoms with van der Waals surface area (Å²) in [5.41, 5.74) is 6.75. The molecule has 120 valence electrons. The van der Waals surface area contributed by atoms with E-state index in [0.29, 0.717) is 55.7 Å². The number of nitrogens with two attached hydrogens (primary N) is 1. The molecule has 1 aliphatic heterocycles. The lowest BCUT2D eigenvalue weighted by Gasteiger charge is -2.19. The number of aryl methyl sites for hydroxylation is 2. The highest BCUT2D eigenvalue weighted by molar-refractivity contribution is 7.89. The van der Waals surface area contributed by atoms with Crippen LogP contribution in [0.25, 0.3) is 0 Å². The van der Waals surface area contributed by atoms with Crippen molar-refractivity contribution in [1.29, 1.82) is 0 Å². The molecule has 2 rings (SSSR count). The quantitative estimate of drug-likeness (QED) is 0.841. The minimum absolute atomic E-state index is 0.335. The first-order valence-electron chi connectivity index (χ1n) is 7.30. The summed E-state index contributed by atoms with van der Waals surface area (Å²) in [6.45, 7) is 6.69. The van der Waals surface area contributed by atoms with Crippen molar-refractivity contribution < 1.29 is 13.2 Å². The lowest BCUT2D eigenvalue weighted by atomic mass is 10.4. The Bertz CT molecular complexity index is 574. The summed E-state index contributed by atoms with van der Waals surface area (Å²) in [4.78, 5) is 0.335. The van der Waals surface area contributed by atoms with Crippen LogP contribution >= 0.6 is 0 Å². The Morgan fingerprint density at radius 1 is 1.29 bits per heavy atom. The van der Waals surface area contributed by atoms with E-state index < -0.39 is 10.0 Å². The summed E-state index contributed by atoms with van der Waals surface area (Å²) in [5.74, 6) is 0. The van der Waals surface area contributed by atoms with E-state index >= 15 is 0 Å². The number of aromatic nitrogens is 2. The van der Waals surface area contributed by atoms with Gasteiger partial charge in [-0.3, -0.25) is 4.68 Å². The van der Waals surface area contributed by atoms with Crippen molar-refractivity contribution in [3.05, 3.63) is 11.4 Å². The van der Waals surface area contributed by atoms with Gasteiger partial charge in [-0.25, -0.2) is 8.42 Å². The van der Waals surface area contributed by atoms with Crippen LogP contribution in [0.15, 0.2) is 4.90 Å². The minimum atomic E-state index is -3.51. The molecule has 7 nitrogen and oxygen atoms in total. The Hall–Kier alpha value is -0.960.